The topological polar surface area (TPSA) is 4.93 Å². The molecule has 62 valence electrons. The number of hydrogen-bond acceptors (Lipinski definition) is 0. The SMILES string of the molecule is CC(C)(C)n1c(F)ccc1Cl. The van der Waals surface area contributed by atoms with Crippen LogP contribution in [0.5, 0.6) is 0 Å². The second kappa shape index (κ2) is 2.52. The molecule has 1 heterocycles. The van der Waals surface area contributed by atoms with E-state index >= 15 is 0 Å². The van der Waals surface area contributed by atoms with E-state index in [1.54, 1.807) is 6.07 Å². The van der Waals surface area contributed by atoms with Crippen molar-refractivity contribution in [3.05, 3.63) is 23.2 Å². The molecule has 0 spiro atoms. The average Bonchev–Trinajstić information content (AvgIpc) is 2.08. The number of hydrogen-bond donors (Lipinski definition) is 0. The molecule has 1 rings (SSSR count). The Kier molecular flexibility index (Phi) is 1.97. The Morgan fingerprint density at radius 2 is 1.91 bits per heavy atom. The number of halogens is 2. The Balaban J connectivity index is 3.21. The molecule has 3 heteroatoms. The standard InChI is InChI=1S/C8H11ClFN/c1-8(2,3)11-6(9)4-5-7(11)10/h4-5H,1-3H3. The van der Waals surface area contributed by atoms with Crippen LogP contribution in [0.1, 0.15) is 20.8 Å². The van der Waals surface area contributed by atoms with Gasteiger partial charge in [-0.05, 0) is 32.9 Å². The van der Waals surface area contributed by atoms with Crippen LogP contribution in [0.2, 0.25) is 5.15 Å². The fourth-order valence-corrected chi connectivity index (χ4v) is 1.43. The predicted molar refractivity (Wildman–Crippen MR) is 44.4 cm³/mol. The van der Waals surface area contributed by atoms with E-state index in [9.17, 15) is 4.39 Å². The first-order valence-electron chi connectivity index (χ1n) is 3.46. The van der Waals surface area contributed by atoms with Crippen LogP contribution in [-0.4, -0.2) is 4.57 Å². The minimum atomic E-state index is -0.289. The van der Waals surface area contributed by atoms with Gasteiger partial charge in [-0.25, -0.2) is 0 Å². The second-order valence-corrected chi connectivity index (χ2v) is 3.87. The summed E-state index contributed by atoms with van der Waals surface area (Å²) in [5.41, 5.74) is -0.287. The van der Waals surface area contributed by atoms with Gasteiger partial charge in [0.25, 0.3) is 0 Å². The highest BCUT2D eigenvalue weighted by atomic mass is 35.5. The molecule has 0 fully saturated rings. The first-order valence-corrected chi connectivity index (χ1v) is 3.84. The van der Waals surface area contributed by atoms with Crippen molar-refractivity contribution in [2.45, 2.75) is 26.3 Å². The zero-order valence-electron chi connectivity index (χ0n) is 6.86. The van der Waals surface area contributed by atoms with Gasteiger partial charge in [0.05, 0.1) is 0 Å². The van der Waals surface area contributed by atoms with Crippen molar-refractivity contribution in [1.29, 1.82) is 0 Å². The molecule has 0 saturated carbocycles. The van der Waals surface area contributed by atoms with E-state index in [2.05, 4.69) is 0 Å². The van der Waals surface area contributed by atoms with Crippen LogP contribution in [0.3, 0.4) is 0 Å². The smallest absolute Gasteiger partial charge is 0.195 e. The summed E-state index contributed by atoms with van der Waals surface area (Å²) in [6.07, 6.45) is 0. The van der Waals surface area contributed by atoms with Gasteiger partial charge in [0, 0.05) is 5.54 Å². The molecule has 0 aliphatic heterocycles. The Morgan fingerprint density at radius 3 is 2.09 bits per heavy atom. The van der Waals surface area contributed by atoms with Crippen molar-refractivity contribution in [1.82, 2.24) is 4.57 Å². The summed E-state index contributed by atoms with van der Waals surface area (Å²) in [6, 6.07) is 2.93. The quantitative estimate of drug-likeness (QED) is 0.571. The third kappa shape index (κ3) is 1.56. The minimum absolute atomic E-state index is 0.287. The summed E-state index contributed by atoms with van der Waals surface area (Å²) in [6.45, 7) is 5.71. The van der Waals surface area contributed by atoms with Gasteiger partial charge in [0.1, 0.15) is 5.15 Å². The van der Waals surface area contributed by atoms with Crippen molar-refractivity contribution in [3.63, 3.8) is 0 Å². The highest BCUT2D eigenvalue weighted by molar-refractivity contribution is 6.29. The third-order valence-electron chi connectivity index (χ3n) is 1.46. The van der Waals surface area contributed by atoms with Crippen LogP contribution in [0.25, 0.3) is 0 Å². The molecule has 0 radical (unpaired) electrons. The lowest BCUT2D eigenvalue weighted by Crippen LogP contribution is -2.23. The van der Waals surface area contributed by atoms with Gasteiger partial charge in [-0.1, -0.05) is 11.6 Å². The van der Waals surface area contributed by atoms with Gasteiger partial charge < -0.3 is 4.57 Å². The monoisotopic (exact) mass is 175 g/mol. The third-order valence-corrected chi connectivity index (χ3v) is 1.75. The molecule has 0 N–H and O–H groups in total. The first kappa shape index (κ1) is 8.60. The van der Waals surface area contributed by atoms with Gasteiger partial charge in [-0.15, -0.1) is 0 Å². The van der Waals surface area contributed by atoms with Gasteiger partial charge in [-0.3, -0.25) is 0 Å². The molecule has 1 aromatic heterocycles. The van der Waals surface area contributed by atoms with Crippen LogP contribution in [-0.2, 0) is 5.54 Å². The first-order chi connectivity index (χ1) is 4.93. The van der Waals surface area contributed by atoms with Gasteiger partial charge >= 0.3 is 0 Å². The summed E-state index contributed by atoms with van der Waals surface area (Å²) in [4.78, 5) is 0. The van der Waals surface area contributed by atoms with Crippen LogP contribution >= 0.6 is 11.6 Å². The lowest BCUT2D eigenvalue weighted by Gasteiger charge is -2.22. The van der Waals surface area contributed by atoms with Crippen molar-refractivity contribution < 1.29 is 4.39 Å². The molecule has 0 aliphatic rings. The molecule has 0 saturated heterocycles. The molecule has 1 aromatic rings. The van der Waals surface area contributed by atoms with Crippen LogP contribution in [0, 0.1) is 5.95 Å². The fourth-order valence-electron chi connectivity index (χ4n) is 1.03. The maximum absolute atomic E-state index is 13.0. The van der Waals surface area contributed by atoms with Crippen molar-refractivity contribution in [2.24, 2.45) is 0 Å². The molecule has 0 aliphatic carbocycles. The Morgan fingerprint density at radius 1 is 1.36 bits per heavy atom. The average molecular weight is 176 g/mol. The maximum Gasteiger partial charge on any atom is 0.195 e. The van der Waals surface area contributed by atoms with Crippen molar-refractivity contribution in [2.75, 3.05) is 0 Å². The summed E-state index contributed by atoms with van der Waals surface area (Å²) < 4.78 is 14.4. The molecule has 1 nitrogen and oxygen atoms in total. The summed E-state index contributed by atoms with van der Waals surface area (Å²) in [7, 11) is 0. The van der Waals surface area contributed by atoms with E-state index in [1.165, 1.54) is 10.6 Å². The van der Waals surface area contributed by atoms with E-state index in [1.807, 2.05) is 20.8 Å². The van der Waals surface area contributed by atoms with E-state index < -0.39 is 0 Å². The zero-order chi connectivity index (χ0) is 8.65. The largest absolute Gasteiger partial charge is 0.303 e. The van der Waals surface area contributed by atoms with Crippen molar-refractivity contribution in [3.8, 4) is 0 Å². The molecule has 0 amide bonds. The Hall–Kier alpha value is -0.500. The Bertz CT molecular complexity index is 240. The van der Waals surface area contributed by atoms with E-state index in [4.69, 9.17) is 11.6 Å². The lowest BCUT2D eigenvalue weighted by molar-refractivity contribution is 0.338. The highest BCUT2D eigenvalue weighted by Crippen LogP contribution is 2.23. The van der Waals surface area contributed by atoms with Crippen LogP contribution in [0.15, 0.2) is 12.1 Å². The van der Waals surface area contributed by atoms with Crippen LogP contribution in [0.4, 0.5) is 4.39 Å². The van der Waals surface area contributed by atoms with Crippen LogP contribution < -0.4 is 0 Å². The number of rotatable bonds is 0. The molecule has 0 atom stereocenters. The van der Waals surface area contributed by atoms with E-state index in [-0.39, 0.29) is 11.5 Å². The van der Waals surface area contributed by atoms with Gasteiger partial charge in [-0.2, -0.15) is 4.39 Å². The molecular formula is C8H11ClFN. The Labute approximate surface area is 70.8 Å². The predicted octanol–water partition coefficient (Wildman–Crippen LogP) is 3.04. The molecule has 0 aromatic carbocycles. The van der Waals surface area contributed by atoms with E-state index in [0.29, 0.717) is 5.15 Å². The molecule has 0 unspecified atom stereocenters. The van der Waals surface area contributed by atoms with Crippen molar-refractivity contribution >= 4 is 11.6 Å². The summed E-state index contributed by atoms with van der Waals surface area (Å²) in [5, 5.41) is 0.440. The van der Waals surface area contributed by atoms with Gasteiger partial charge in [0.2, 0.25) is 0 Å². The zero-order valence-corrected chi connectivity index (χ0v) is 7.61. The molecule has 0 bridgehead atoms. The number of aromatic nitrogens is 1. The highest BCUT2D eigenvalue weighted by Gasteiger charge is 2.18. The fraction of sp³-hybridized carbons (Fsp3) is 0.500. The van der Waals surface area contributed by atoms with E-state index in [0.717, 1.165) is 0 Å². The maximum atomic E-state index is 13.0. The normalized spacial score (nSPS) is 12.1. The number of nitrogens with zero attached hydrogens (tertiary/aromatic N) is 1. The summed E-state index contributed by atoms with van der Waals surface area (Å²) in [5.74, 6) is -0.289. The summed E-state index contributed by atoms with van der Waals surface area (Å²) >= 11 is 5.75. The van der Waals surface area contributed by atoms with Gasteiger partial charge in [0.15, 0.2) is 5.95 Å². The molecule has 11 heavy (non-hydrogen) atoms. The second-order valence-electron chi connectivity index (χ2n) is 3.49. The molecular weight excluding hydrogens is 165 g/mol. The minimum Gasteiger partial charge on any atom is -0.303 e. The lowest BCUT2D eigenvalue weighted by atomic mass is 10.1.